The summed E-state index contributed by atoms with van der Waals surface area (Å²) in [5.74, 6) is 0. The molecule has 0 unspecified atom stereocenters. The normalized spacial score (nSPS) is 20.5. The number of pyridine rings is 1. The van der Waals surface area contributed by atoms with E-state index in [0.717, 1.165) is 17.5 Å². The number of hydrogen-bond donors (Lipinski definition) is 0. The lowest BCUT2D eigenvalue weighted by Gasteiger charge is -2.36. The Balaban J connectivity index is 1.46. The standard InChI is InChI=1S/C25H27N3O4S/c1-25(2,3)32-24(29)28-16-18-14-19(28)15-27(18)21-11-7-8-17-12-13-22(26-23(17)21)33(30,31)20-9-5-4-6-10-20/h4-13,18-19H,14-16H2,1-3H3/t18-,19-/m0/s1. The fraction of sp³-hybridized carbons (Fsp3) is 0.360. The van der Waals surface area contributed by atoms with E-state index in [1.54, 1.807) is 36.4 Å². The number of nitrogens with zero attached hydrogens (tertiary/aromatic N) is 3. The molecule has 2 aromatic carbocycles. The van der Waals surface area contributed by atoms with E-state index in [1.807, 2.05) is 49.9 Å². The summed E-state index contributed by atoms with van der Waals surface area (Å²) in [5.41, 5.74) is 1.03. The van der Waals surface area contributed by atoms with Gasteiger partial charge in [0.1, 0.15) is 5.60 Å². The van der Waals surface area contributed by atoms with Crippen LogP contribution in [0.4, 0.5) is 10.5 Å². The Bertz CT molecular complexity index is 1320. The second-order valence-electron chi connectivity index (χ2n) is 9.64. The molecule has 3 aromatic rings. The number of amides is 1. The molecule has 5 rings (SSSR count). The predicted molar refractivity (Wildman–Crippen MR) is 126 cm³/mol. The van der Waals surface area contributed by atoms with E-state index in [-0.39, 0.29) is 28.1 Å². The predicted octanol–water partition coefficient (Wildman–Crippen LogP) is 4.27. The first-order valence-electron chi connectivity index (χ1n) is 11.1. The summed E-state index contributed by atoms with van der Waals surface area (Å²) >= 11 is 0. The third-order valence-corrected chi connectivity index (χ3v) is 7.85. The van der Waals surface area contributed by atoms with Crippen molar-refractivity contribution in [2.45, 2.75) is 54.8 Å². The first kappa shape index (κ1) is 21.7. The quantitative estimate of drug-likeness (QED) is 0.575. The van der Waals surface area contributed by atoms with E-state index in [1.165, 1.54) is 0 Å². The van der Waals surface area contributed by atoms with Gasteiger partial charge in [-0.15, -0.1) is 0 Å². The number of para-hydroxylation sites is 1. The lowest BCUT2D eigenvalue weighted by molar-refractivity contribution is 0.0215. The van der Waals surface area contributed by atoms with E-state index in [2.05, 4.69) is 9.88 Å². The van der Waals surface area contributed by atoms with Gasteiger partial charge in [0.05, 0.1) is 22.1 Å². The summed E-state index contributed by atoms with van der Waals surface area (Å²) in [7, 11) is -3.72. The molecule has 2 saturated heterocycles. The Kier molecular flexibility index (Phi) is 5.08. The number of piperazine rings is 1. The highest BCUT2D eigenvalue weighted by Crippen LogP contribution is 2.38. The van der Waals surface area contributed by atoms with Crippen molar-refractivity contribution in [2.24, 2.45) is 0 Å². The van der Waals surface area contributed by atoms with Crippen LogP contribution in [0.5, 0.6) is 0 Å². The van der Waals surface area contributed by atoms with Crippen LogP contribution in [-0.2, 0) is 14.6 Å². The zero-order chi connectivity index (χ0) is 23.4. The molecule has 2 atom stereocenters. The first-order chi connectivity index (χ1) is 15.6. The fourth-order valence-electron chi connectivity index (χ4n) is 4.72. The van der Waals surface area contributed by atoms with Gasteiger partial charge >= 0.3 is 6.09 Å². The Morgan fingerprint density at radius 2 is 1.73 bits per heavy atom. The minimum absolute atomic E-state index is 0.0355. The topological polar surface area (TPSA) is 79.8 Å². The number of likely N-dealkylation sites (tertiary alicyclic amines) is 1. The molecule has 8 heteroatoms. The maximum absolute atomic E-state index is 13.1. The van der Waals surface area contributed by atoms with Crippen LogP contribution in [0, 0.1) is 0 Å². The molecular formula is C25H27N3O4S. The van der Waals surface area contributed by atoms with Crippen molar-refractivity contribution in [1.29, 1.82) is 0 Å². The van der Waals surface area contributed by atoms with E-state index in [0.29, 0.717) is 18.6 Å². The molecule has 1 aromatic heterocycles. The van der Waals surface area contributed by atoms with Gasteiger partial charge in [-0.25, -0.2) is 18.2 Å². The van der Waals surface area contributed by atoms with Crippen molar-refractivity contribution in [2.75, 3.05) is 18.0 Å². The molecule has 0 aliphatic carbocycles. The van der Waals surface area contributed by atoms with Gasteiger partial charge in [-0.1, -0.05) is 30.3 Å². The molecule has 33 heavy (non-hydrogen) atoms. The molecule has 2 bridgehead atoms. The maximum Gasteiger partial charge on any atom is 0.410 e. The molecule has 172 valence electrons. The minimum atomic E-state index is -3.72. The van der Waals surface area contributed by atoms with Crippen LogP contribution in [0.3, 0.4) is 0 Å². The van der Waals surface area contributed by atoms with Gasteiger partial charge in [0.25, 0.3) is 0 Å². The monoisotopic (exact) mass is 465 g/mol. The molecule has 0 saturated carbocycles. The van der Waals surface area contributed by atoms with Crippen LogP contribution in [0.2, 0.25) is 0 Å². The molecular weight excluding hydrogens is 438 g/mol. The summed E-state index contributed by atoms with van der Waals surface area (Å²) in [6.45, 7) is 6.86. The van der Waals surface area contributed by atoms with Gasteiger partial charge in [-0.05, 0) is 57.5 Å². The highest BCUT2D eigenvalue weighted by Gasteiger charge is 2.47. The number of carbonyl (C=O) groups excluding carboxylic acids is 1. The molecule has 0 spiro atoms. The SMILES string of the molecule is CC(C)(C)OC(=O)N1C[C@@H]2C[C@H]1CN2c1cccc2ccc(S(=O)(=O)c3ccccc3)nc12. The molecule has 1 amide bonds. The van der Waals surface area contributed by atoms with E-state index in [9.17, 15) is 13.2 Å². The summed E-state index contributed by atoms with van der Waals surface area (Å²) < 4.78 is 31.8. The molecule has 2 aliphatic heterocycles. The Morgan fingerprint density at radius 3 is 2.39 bits per heavy atom. The highest BCUT2D eigenvalue weighted by molar-refractivity contribution is 7.91. The number of fused-ring (bicyclic) bond motifs is 3. The largest absolute Gasteiger partial charge is 0.444 e. The first-order valence-corrected chi connectivity index (χ1v) is 12.6. The molecule has 0 radical (unpaired) electrons. The lowest BCUT2D eigenvalue weighted by atomic mass is 10.1. The van der Waals surface area contributed by atoms with Gasteiger partial charge in [0.15, 0.2) is 5.03 Å². The summed E-state index contributed by atoms with van der Waals surface area (Å²) in [4.78, 5) is 21.5. The smallest absolute Gasteiger partial charge is 0.410 e. The molecule has 3 heterocycles. The molecule has 2 aliphatic rings. The zero-order valence-electron chi connectivity index (χ0n) is 18.9. The van der Waals surface area contributed by atoms with Crippen molar-refractivity contribution >= 4 is 32.5 Å². The summed E-state index contributed by atoms with van der Waals surface area (Å²) in [5, 5.41) is 0.916. The number of aromatic nitrogens is 1. The molecule has 7 nitrogen and oxygen atoms in total. The van der Waals surface area contributed by atoms with Crippen LogP contribution >= 0.6 is 0 Å². The third-order valence-electron chi connectivity index (χ3n) is 6.18. The van der Waals surface area contributed by atoms with Crippen molar-refractivity contribution < 1.29 is 17.9 Å². The van der Waals surface area contributed by atoms with E-state index < -0.39 is 15.4 Å². The van der Waals surface area contributed by atoms with Crippen LogP contribution in [0.1, 0.15) is 27.2 Å². The number of rotatable bonds is 3. The Hall–Kier alpha value is -3.13. The van der Waals surface area contributed by atoms with Crippen molar-refractivity contribution in [3.05, 3.63) is 60.7 Å². The van der Waals surface area contributed by atoms with Gasteiger partial charge in [-0.2, -0.15) is 0 Å². The number of ether oxygens (including phenoxy) is 1. The van der Waals surface area contributed by atoms with Crippen LogP contribution < -0.4 is 4.90 Å². The van der Waals surface area contributed by atoms with Gasteiger partial charge in [0, 0.05) is 24.5 Å². The van der Waals surface area contributed by atoms with Crippen LogP contribution in [0.15, 0.2) is 70.6 Å². The highest BCUT2D eigenvalue weighted by atomic mass is 32.2. The lowest BCUT2D eigenvalue weighted by Crippen LogP contribution is -2.50. The molecule has 0 N–H and O–H groups in total. The maximum atomic E-state index is 13.1. The fourth-order valence-corrected chi connectivity index (χ4v) is 5.94. The average molecular weight is 466 g/mol. The van der Waals surface area contributed by atoms with Gasteiger partial charge in [0.2, 0.25) is 9.84 Å². The van der Waals surface area contributed by atoms with Crippen molar-refractivity contribution in [1.82, 2.24) is 9.88 Å². The third kappa shape index (κ3) is 3.93. The second-order valence-corrected chi connectivity index (χ2v) is 11.5. The number of carbonyl (C=O) groups is 1. The van der Waals surface area contributed by atoms with Crippen molar-refractivity contribution in [3.63, 3.8) is 0 Å². The van der Waals surface area contributed by atoms with E-state index >= 15 is 0 Å². The zero-order valence-corrected chi connectivity index (χ0v) is 19.7. The number of hydrogen-bond acceptors (Lipinski definition) is 6. The Labute approximate surface area is 193 Å². The van der Waals surface area contributed by atoms with E-state index in [4.69, 9.17) is 4.74 Å². The van der Waals surface area contributed by atoms with Crippen LogP contribution in [-0.4, -0.2) is 55.2 Å². The number of anilines is 1. The summed E-state index contributed by atoms with van der Waals surface area (Å²) in [6.07, 6.45) is 0.583. The minimum Gasteiger partial charge on any atom is -0.444 e. The molecule has 2 fully saturated rings. The Morgan fingerprint density at radius 1 is 0.970 bits per heavy atom. The number of benzene rings is 2. The van der Waals surface area contributed by atoms with Crippen LogP contribution in [0.25, 0.3) is 10.9 Å². The van der Waals surface area contributed by atoms with Gasteiger partial charge < -0.3 is 14.5 Å². The second kappa shape index (κ2) is 7.73. The average Bonchev–Trinajstić information content (AvgIpc) is 3.39. The summed E-state index contributed by atoms with van der Waals surface area (Å²) in [6, 6.07) is 17.8. The number of sulfone groups is 1. The van der Waals surface area contributed by atoms with Crippen molar-refractivity contribution in [3.8, 4) is 0 Å². The van der Waals surface area contributed by atoms with Gasteiger partial charge in [-0.3, -0.25) is 0 Å².